The molecular formula is C12H24O. The van der Waals surface area contributed by atoms with Crippen LogP contribution >= 0.6 is 0 Å². The van der Waals surface area contributed by atoms with Crippen LogP contribution in [0, 0.1) is 0 Å². The van der Waals surface area contributed by atoms with Crippen LogP contribution in [0.15, 0.2) is 37.1 Å². The smallest absolute Gasteiger partial charge is 0.118 e. The Kier molecular flexibility index (Phi) is 31.0. The second kappa shape index (κ2) is 22.5. The largest absolute Gasteiger partial charge is 0.494 e. The molecule has 0 aromatic heterocycles. The molecule has 0 bridgehead atoms. The van der Waals surface area contributed by atoms with Crippen molar-refractivity contribution in [1.82, 2.24) is 0 Å². The monoisotopic (exact) mass is 184 g/mol. The summed E-state index contributed by atoms with van der Waals surface area (Å²) in [5.74, 6) is 0.771. The van der Waals surface area contributed by atoms with Crippen LogP contribution in [-0.2, 0) is 4.74 Å². The molecule has 0 saturated carbocycles. The Hall–Kier alpha value is -0.980. The van der Waals surface area contributed by atoms with Gasteiger partial charge in [-0.2, -0.15) is 0 Å². The zero-order valence-electron chi connectivity index (χ0n) is 9.76. The zero-order chi connectivity index (χ0) is 11.1. The van der Waals surface area contributed by atoms with E-state index in [1.54, 1.807) is 18.2 Å². The van der Waals surface area contributed by atoms with Crippen molar-refractivity contribution in [2.45, 2.75) is 34.6 Å². The first-order valence-corrected chi connectivity index (χ1v) is 4.93. The van der Waals surface area contributed by atoms with Crippen LogP contribution in [0.5, 0.6) is 0 Å². The summed E-state index contributed by atoms with van der Waals surface area (Å²) in [5, 5.41) is 0. The Bertz CT molecular complexity index is 123. The SMILES string of the molecule is C=C/C=C(\C=C)OCC.CC.CC. The molecule has 0 saturated heterocycles. The number of ether oxygens (including phenoxy) is 1. The molecule has 78 valence electrons. The molecule has 0 rings (SSSR count). The Balaban J connectivity index is -0.000000218. The van der Waals surface area contributed by atoms with E-state index in [-0.39, 0.29) is 0 Å². The summed E-state index contributed by atoms with van der Waals surface area (Å²) in [4.78, 5) is 0. The van der Waals surface area contributed by atoms with Crippen LogP contribution < -0.4 is 0 Å². The van der Waals surface area contributed by atoms with Crippen molar-refractivity contribution in [1.29, 1.82) is 0 Å². The van der Waals surface area contributed by atoms with Gasteiger partial charge >= 0.3 is 0 Å². The van der Waals surface area contributed by atoms with E-state index < -0.39 is 0 Å². The summed E-state index contributed by atoms with van der Waals surface area (Å²) in [6, 6.07) is 0. The lowest BCUT2D eigenvalue weighted by atomic mass is 10.4. The van der Waals surface area contributed by atoms with E-state index in [4.69, 9.17) is 4.74 Å². The van der Waals surface area contributed by atoms with Crippen LogP contribution in [0.3, 0.4) is 0 Å². The average molecular weight is 184 g/mol. The third-order valence-electron chi connectivity index (χ3n) is 0.794. The number of rotatable bonds is 4. The summed E-state index contributed by atoms with van der Waals surface area (Å²) in [5.41, 5.74) is 0. The predicted octanol–water partition coefficient (Wildman–Crippen LogP) is 4.33. The molecule has 0 aliphatic heterocycles. The van der Waals surface area contributed by atoms with Crippen LogP contribution in [0.1, 0.15) is 34.6 Å². The molecule has 0 radical (unpaired) electrons. The third-order valence-corrected chi connectivity index (χ3v) is 0.794. The molecule has 0 aromatic carbocycles. The normalized spacial score (nSPS) is 8.23. The van der Waals surface area contributed by atoms with Crippen molar-refractivity contribution >= 4 is 0 Å². The second-order valence-electron chi connectivity index (χ2n) is 1.44. The third kappa shape index (κ3) is 18.2. The molecule has 0 unspecified atom stereocenters. The van der Waals surface area contributed by atoms with Gasteiger partial charge in [0.05, 0.1) is 6.61 Å². The van der Waals surface area contributed by atoms with Gasteiger partial charge in [-0.1, -0.05) is 46.9 Å². The summed E-state index contributed by atoms with van der Waals surface area (Å²) < 4.78 is 5.10. The van der Waals surface area contributed by atoms with Crippen LogP contribution in [0.2, 0.25) is 0 Å². The Morgan fingerprint density at radius 1 is 1.15 bits per heavy atom. The van der Waals surface area contributed by atoms with E-state index in [0.717, 1.165) is 5.76 Å². The molecule has 0 aliphatic rings. The Morgan fingerprint density at radius 3 is 1.85 bits per heavy atom. The minimum absolute atomic E-state index is 0.672. The van der Waals surface area contributed by atoms with Crippen LogP contribution in [-0.4, -0.2) is 6.61 Å². The van der Waals surface area contributed by atoms with Gasteiger partial charge in [-0.05, 0) is 19.1 Å². The highest BCUT2D eigenvalue weighted by atomic mass is 16.5. The zero-order valence-corrected chi connectivity index (χ0v) is 9.76. The topological polar surface area (TPSA) is 9.23 Å². The van der Waals surface area contributed by atoms with Crippen LogP contribution in [0.4, 0.5) is 0 Å². The lowest BCUT2D eigenvalue weighted by Crippen LogP contribution is -1.85. The Morgan fingerprint density at radius 2 is 1.62 bits per heavy atom. The fraction of sp³-hybridized carbons (Fsp3) is 0.500. The average Bonchev–Trinajstić information content (AvgIpc) is 2.23. The maximum absolute atomic E-state index is 5.10. The van der Waals surface area contributed by atoms with Gasteiger partial charge in [0.1, 0.15) is 5.76 Å². The molecule has 0 amide bonds. The minimum atomic E-state index is 0.672. The molecule has 0 spiro atoms. The molecule has 0 atom stereocenters. The summed E-state index contributed by atoms with van der Waals surface area (Å²) in [6.45, 7) is 17.7. The van der Waals surface area contributed by atoms with Gasteiger partial charge in [0.25, 0.3) is 0 Å². The van der Waals surface area contributed by atoms with Gasteiger partial charge in [0.2, 0.25) is 0 Å². The van der Waals surface area contributed by atoms with Crippen LogP contribution in [0.25, 0.3) is 0 Å². The standard InChI is InChI=1S/C8H12O.2C2H6/c1-4-7-8(5-2)9-6-3;2*1-2/h4-5,7H,1-2,6H2,3H3;2*1-2H3/b8-7+;;. The van der Waals surface area contributed by atoms with Crippen molar-refractivity contribution in [3.05, 3.63) is 37.1 Å². The van der Waals surface area contributed by atoms with Gasteiger partial charge in [-0.25, -0.2) is 0 Å². The van der Waals surface area contributed by atoms with Gasteiger partial charge in [-0.15, -0.1) is 0 Å². The van der Waals surface area contributed by atoms with Gasteiger partial charge in [-0.3, -0.25) is 0 Å². The molecule has 0 fully saturated rings. The van der Waals surface area contributed by atoms with Gasteiger partial charge in [0, 0.05) is 0 Å². The highest BCUT2D eigenvalue weighted by molar-refractivity contribution is 5.14. The lowest BCUT2D eigenvalue weighted by molar-refractivity contribution is 0.243. The molecule has 1 nitrogen and oxygen atoms in total. The molecule has 0 aromatic rings. The highest BCUT2D eigenvalue weighted by Gasteiger charge is 1.83. The summed E-state index contributed by atoms with van der Waals surface area (Å²) >= 11 is 0. The van der Waals surface area contributed by atoms with Crippen molar-refractivity contribution in [3.63, 3.8) is 0 Å². The maximum atomic E-state index is 5.10. The van der Waals surface area contributed by atoms with E-state index >= 15 is 0 Å². The van der Waals surface area contributed by atoms with Gasteiger partial charge in [0.15, 0.2) is 0 Å². The number of hydrogen-bond acceptors (Lipinski definition) is 1. The number of hydrogen-bond donors (Lipinski definition) is 0. The van der Waals surface area contributed by atoms with Gasteiger partial charge < -0.3 is 4.74 Å². The Labute approximate surface area is 83.8 Å². The molecule has 0 N–H and O–H groups in total. The first kappa shape index (κ1) is 17.9. The number of allylic oxidation sites excluding steroid dienone is 3. The second-order valence-corrected chi connectivity index (χ2v) is 1.44. The van der Waals surface area contributed by atoms with E-state index in [2.05, 4.69) is 13.2 Å². The molecular weight excluding hydrogens is 160 g/mol. The van der Waals surface area contributed by atoms with Crippen molar-refractivity contribution in [3.8, 4) is 0 Å². The van der Waals surface area contributed by atoms with E-state index in [9.17, 15) is 0 Å². The predicted molar refractivity (Wildman–Crippen MR) is 62.8 cm³/mol. The maximum Gasteiger partial charge on any atom is 0.118 e. The van der Waals surface area contributed by atoms with E-state index in [0.29, 0.717) is 6.61 Å². The molecule has 13 heavy (non-hydrogen) atoms. The molecule has 0 heterocycles. The fourth-order valence-corrected chi connectivity index (χ4v) is 0.458. The molecule has 0 aliphatic carbocycles. The van der Waals surface area contributed by atoms with Crippen molar-refractivity contribution in [2.24, 2.45) is 0 Å². The molecule has 1 heteroatoms. The van der Waals surface area contributed by atoms with E-state index in [1.807, 2.05) is 34.6 Å². The first-order valence-electron chi connectivity index (χ1n) is 4.93. The minimum Gasteiger partial charge on any atom is -0.494 e. The van der Waals surface area contributed by atoms with E-state index in [1.165, 1.54) is 0 Å². The quantitative estimate of drug-likeness (QED) is 0.466. The highest BCUT2D eigenvalue weighted by Crippen LogP contribution is 1.96. The lowest BCUT2D eigenvalue weighted by Gasteiger charge is -1.99. The fourth-order valence-electron chi connectivity index (χ4n) is 0.458. The summed E-state index contributed by atoms with van der Waals surface area (Å²) in [7, 11) is 0. The van der Waals surface area contributed by atoms with Crippen molar-refractivity contribution in [2.75, 3.05) is 6.61 Å². The first-order chi connectivity index (χ1) is 6.35. The van der Waals surface area contributed by atoms with Crippen molar-refractivity contribution < 1.29 is 4.74 Å². The summed E-state index contributed by atoms with van der Waals surface area (Å²) in [6.07, 6.45) is 5.11.